The number of methoxy groups -OCH3 is 1. The molecule has 8 heteroatoms. The van der Waals surface area contributed by atoms with Gasteiger partial charge in [-0.2, -0.15) is 0 Å². The summed E-state index contributed by atoms with van der Waals surface area (Å²) in [4.78, 5) is 24.4. The van der Waals surface area contributed by atoms with Crippen molar-refractivity contribution >= 4 is 19.2 Å². The van der Waals surface area contributed by atoms with E-state index in [0.717, 1.165) is 18.4 Å². The number of amides is 1. The van der Waals surface area contributed by atoms with Crippen molar-refractivity contribution in [1.82, 2.24) is 5.32 Å². The van der Waals surface area contributed by atoms with Crippen LogP contribution in [-0.4, -0.2) is 43.5 Å². The third-order valence-corrected chi connectivity index (χ3v) is 8.07. The van der Waals surface area contributed by atoms with Crippen molar-refractivity contribution in [2.75, 3.05) is 7.11 Å². The van der Waals surface area contributed by atoms with Crippen LogP contribution in [0.15, 0.2) is 30.3 Å². The van der Waals surface area contributed by atoms with Crippen LogP contribution in [0, 0.1) is 11.3 Å². The van der Waals surface area contributed by atoms with Gasteiger partial charge in [0.1, 0.15) is 12.6 Å². The Hall–Kier alpha value is -2.06. The zero-order valence-electron chi connectivity index (χ0n) is 19.5. The smallest absolute Gasteiger partial charge is 0.457 e. The molecule has 7 nitrogen and oxygen atoms in total. The first-order chi connectivity index (χ1) is 15.2. The van der Waals surface area contributed by atoms with Crippen LogP contribution in [0.25, 0.3) is 0 Å². The van der Waals surface area contributed by atoms with Gasteiger partial charge in [-0.3, -0.25) is 0 Å². The molecule has 1 amide bonds. The number of alkyl carbamates (subject to hydrolysis) is 1. The van der Waals surface area contributed by atoms with Gasteiger partial charge in [0.15, 0.2) is 0 Å². The predicted molar refractivity (Wildman–Crippen MR) is 120 cm³/mol. The average molecular weight is 443 g/mol. The Balaban J connectivity index is 1.27. The van der Waals surface area contributed by atoms with Crippen molar-refractivity contribution in [1.29, 1.82) is 0 Å². The van der Waals surface area contributed by atoms with Gasteiger partial charge in [0, 0.05) is 0 Å². The Kier molecular flexibility index (Phi) is 6.29. The van der Waals surface area contributed by atoms with Crippen molar-refractivity contribution in [3.8, 4) is 0 Å². The lowest BCUT2D eigenvalue weighted by molar-refractivity contribution is -0.257. The minimum Gasteiger partial charge on any atom is -0.467 e. The van der Waals surface area contributed by atoms with Gasteiger partial charge in [-0.15, -0.1) is 0 Å². The fourth-order valence-electron chi connectivity index (χ4n) is 6.00. The van der Waals surface area contributed by atoms with Gasteiger partial charge in [-0.1, -0.05) is 50.6 Å². The number of fused-ring (bicyclic) bond motifs is 1. The Morgan fingerprint density at radius 1 is 1.22 bits per heavy atom. The fraction of sp³-hybridized carbons (Fsp3) is 0.667. The highest BCUT2D eigenvalue weighted by molar-refractivity contribution is 6.45. The van der Waals surface area contributed by atoms with E-state index in [-0.39, 0.29) is 30.3 Å². The van der Waals surface area contributed by atoms with Gasteiger partial charge in [0.25, 0.3) is 0 Å². The van der Waals surface area contributed by atoms with Gasteiger partial charge in [0.05, 0.1) is 18.3 Å². The molecule has 1 saturated heterocycles. The summed E-state index contributed by atoms with van der Waals surface area (Å²) in [5.74, 6) is 0.213. The SMILES string of the molecule is COC(=O)[C@H](CCCB1O[C@]23C[C@H](CC[C@]2(C)O1)C3(C)C)NC(=O)OCc1ccccc1. The number of rotatable bonds is 8. The number of carbonyl (C=O) groups excluding carboxylic acids is 2. The molecule has 0 radical (unpaired) electrons. The lowest BCUT2D eigenvalue weighted by atomic mass is 9.41. The topological polar surface area (TPSA) is 83.1 Å². The lowest BCUT2D eigenvalue weighted by Crippen LogP contribution is -2.73. The maximum atomic E-state index is 12.2. The molecular weight excluding hydrogens is 409 g/mol. The standard InChI is InChI=1S/C24H34BNO6/c1-22(2)18-12-13-23(3)24(22,15-18)32-25(31-23)14-8-11-19(20(27)29-4)26-21(28)30-16-17-9-6-5-7-10-17/h5-7,9-10,18-19H,8,11-16H2,1-4H3,(H,26,28)/t18-,19-,23-,24-/m0/s1. The molecule has 4 atom stereocenters. The molecule has 1 N–H and O–H groups in total. The highest BCUT2D eigenvalue weighted by Gasteiger charge is 2.75. The average Bonchev–Trinajstić information content (AvgIpc) is 3.12. The van der Waals surface area contributed by atoms with E-state index in [1.165, 1.54) is 13.5 Å². The zero-order chi connectivity index (χ0) is 23.0. The first-order valence-corrected chi connectivity index (χ1v) is 11.6. The molecule has 2 bridgehead atoms. The second kappa shape index (κ2) is 8.71. The number of nitrogens with one attached hydrogen (secondary N) is 1. The van der Waals surface area contributed by atoms with Crippen molar-refractivity contribution in [3.63, 3.8) is 0 Å². The summed E-state index contributed by atoms with van der Waals surface area (Å²) in [6.45, 7) is 6.92. The summed E-state index contributed by atoms with van der Waals surface area (Å²) >= 11 is 0. The molecule has 32 heavy (non-hydrogen) atoms. The molecular formula is C24H34BNO6. The summed E-state index contributed by atoms with van der Waals surface area (Å²) in [6.07, 6.45) is 4.36. The number of esters is 1. The maximum absolute atomic E-state index is 12.2. The highest BCUT2D eigenvalue weighted by atomic mass is 16.7. The molecule has 0 unspecified atom stereocenters. The van der Waals surface area contributed by atoms with Crippen LogP contribution in [0.4, 0.5) is 4.79 Å². The van der Waals surface area contributed by atoms with E-state index >= 15 is 0 Å². The molecule has 4 fully saturated rings. The minimum atomic E-state index is -0.773. The number of ether oxygens (including phenoxy) is 2. The maximum Gasteiger partial charge on any atom is 0.457 e. The fourth-order valence-corrected chi connectivity index (χ4v) is 6.00. The molecule has 3 saturated carbocycles. The Bertz CT molecular complexity index is 848. The Labute approximate surface area is 190 Å². The summed E-state index contributed by atoms with van der Waals surface area (Å²) in [5.41, 5.74) is 0.530. The van der Waals surface area contributed by atoms with E-state index in [1.807, 2.05) is 30.3 Å². The largest absolute Gasteiger partial charge is 0.467 e. The van der Waals surface area contributed by atoms with Crippen molar-refractivity contribution in [3.05, 3.63) is 35.9 Å². The molecule has 1 aromatic carbocycles. The van der Waals surface area contributed by atoms with Crippen molar-refractivity contribution < 1.29 is 28.4 Å². The van der Waals surface area contributed by atoms with Gasteiger partial charge in [-0.25, -0.2) is 9.59 Å². The number of hydrogen-bond acceptors (Lipinski definition) is 6. The van der Waals surface area contributed by atoms with Gasteiger partial charge < -0.3 is 24.1 Å². The molecule has 174 valence electrons. The molecule has 1 spiro atoms. The number of carbonyl (C=O) groups is 2. The molecule has 1 aromatic rings. The van der Waals surface area contributed by atoms with Crippen molar-refractivity contribution in [2.45, 2.75) is 83.0 Å². The molecule has 1 aliphatic heterocycles. The molecule has 4 aliphatic rings. The van der Waals surface area contributed by atoms with E-state index in [2.05, 4.69) is 26.1 Å². The van der Waals surface area contributed by atoms with Crippen LogP contribution in [0.1, 0.15) is 58.4 Å². The summed E-state index contributed by atoms with van der Waals surface area (Å²) < 4.78 is 23.1. The van der Waals surface area contributed by atoms with Crippen LogP contribution in [0.5, 0.6) is 0 Å². The van der Waals surface area contributed by atoms with Gasteiger partial charge >= 0.3 is 19.2 Å². The van der Waals surface area contributed by atoms with Crippen molar-refractivity contribution in [2.24, 2.45) is 11.3 Å². The molecule has 3 aliphatic carbocycles. The van der Waals surface area contributed by atoms with Crippen LogP contribution in [0.2, 0.25) is 6.32 Å². The highest BCUT2D eigenvalue weighted by Crippen LogP contribution is 2.70. The second-order valence-electron chi connectivity index (χ2n) is 10.1. The van der Waals surface area contributed by atoms with Gasteiger partial charge in [0.2, 0.25) is 0 Å². The van der Waals surface area contributed by atoms with E-state index < -0.39 is 18.1 Å². The van der Waals surface area contributed by atoms with E-state index in [9.17, 15) is 9.59 Å². The summed E-state index contributed by atoms with van der Waals surface area (Å²) in [7, 11) is 1.02. The number of hydrogen-bond donors (Lipinski definition) is 1. The van der Waals surface area contributed by atoms with Gasteiger partial charge in [-0.05, 0) is 55.8 Å². The van der Waals surface area contributed by atoms with Crippen LogP contribution in [0.3, 0.4) is 0 Å². The number of benzene rings is 1. The minimum absolute atomic E-state index is 0.118. The Morgan fingerprint density at radius 2 is 1.97 bits per heavy atom. The third kappa shape index (κ3) is 3.92. The Morgan fingerprint density at radius 3 is 2.62 bits per heavy atom. The zero-order valence-corrected chi connectivity index (χ0v) is 19.5. The quantitative estimate of drug-likeness (QED) is 0.481. The third-order valence-electron chi connectivity index (χ3n) is 8.07. The van der Waals surface area contributed by atoms with Crippen LogP contribution >= 0.6 is 0 Å². The summed E-state index contributed by atoms with van der Waals surface area (Å²) in [5, 5.41) is 2.63. The van der Waals surface area contributed by atoms with Crippen LogP contribution in [-0.2, 0) is 30.2 Å². The monoisotopic (exact) mass is 443 g/mol. The van der Waals surface area contributed by atoms with E-state index in [1.54, 1.807) is 0 Å². The lowest BCUT2D eigenvalue weighted by Gasteiger charge is -2.69. The molecule has 5 rings (SSSR count). The van der Waals surface area contributed by atoms with E-state index in [4.69, 9.17) is 18.8 Å². The van der Waals surface area contributed by atoms with Crippen LogP contribution < -0.4 is 5.32 Å². The normalized spacial score (nSPS) is 30.6. The predicted octanol–water partition coefficient (Wildman–Crippen LogP) is 4.11. The first-order valence-electron chi connectivity index (χ1n) is 11.6. The van der Waals surface area contributed by atoms with E-state index in [0.29, 0.717) is 25.1 Å². The first kappa shape index (κ1) is 23.1. The molecule has 0 aromatic heterocycles. The second-order valence-corrected chi connectivity index (χ2v) is 10.1. The molecule has 1 heterocycles. The summed E-state index contributed by atoms with van der Waals surface area (Å²) in [6, 6.07) is 8.62.